The Morgan fingerprint density at radius 1 is 1.00 bits per heavy atom. The van der Waals surface area contributed by atoms with Crippen LogP contribution < -0.4 is 4.74 Å². The molecule has 0 amide bonds. The summed E-state index contributed by atoms with van der Waals surface area (Å²) in [6.07, 6.45) is 0.869. The van der Waals surface area contributed by atoms with E-state index in [-0.39, 0.29) is 0 Å². The van der Waals surface area contributed by atoms with Crippen LogP contribution in [0.15, 0.2) is 88.2 Å². The zero-order valence-corrected chi connectivity index (χ0v) is 17.4. The molecular formula is C25H21NO3S. The summed E-state index contributed by atoms with van der Waals surface area (Å²) in [5.41, 5.74) is 3.58. The van der Waals surface area contributed by atoms with Gasteiger partial charge >= 0.3 is 0 Å². The first-order valence-electron chi connectivity index (χ1n) is 9.63. The normalized spacial score (nSPS) is 10.7. The van der Waals surface area contributed by atoms with Crippen LogP contribution in [-0.2, 0) is 12.4 Å². The van der Waals surface area contributed by atoms with Gasteiger partial charge < -0.3 is 9.15 Å². The van der Waals surface area contributed by atoms with E-state index in [1.165, 1.54) is 0 Å². The van der Waals surface area contributed by atoms with Crippen LogP contribution in [0.1, 0.15) is 27.4 Å². The number of aryl methyl sites for hydroxylation is 1. The number of carbonyl (C=O) groups is 1. The standard InChI is InChI=1S/C25H21NO3S/c1-18-24(26-25(29-18)21-9-3-2-4-10-21)16-28-22-11-5-8-20(13-22)17-30-23-12-6-7-19(14-23)15-27/h2-15H,16-17H2,1H3. The molecule has 0 saturated carbocycles. The minimum Gasteiger partial charge on any atom is -0.487 e. The van der Waals surface area contributed by atoms with Gasteiger partial charge in [0.15, 0.2) is 0 Å². The third-order valence-corrected chi connectivity index (χ3v) is 5.65. The molecule has 0 aliphatic heterocycles. The molecule has 4 nitrogen and oxygen atoms in total. The van der Waals surface area contributed by atoms with Gasteiger partial charge in [0.2, 0.25) is 5.89 Å². The Kier molecular flexibility index (Phi) is 6.30. The zero-order chi connectivity index (χ0) is 20.8. The average Bonchev–Trinajstić information content (AvgIpc) is 3.18. The maximum Gasteiger partial charge on any atom is 0.226 e. The predicted octanol–water partition coefficient (Wildman–Crippen LogP) is 6.33. The first-order chi connectivity index (χ1) is 14.7. The number of aromatic nitrogens is 1. The maximum absolute atomic E-state index is 10.9. The van der Waals surface area contributed by atoms with Gasteiger partial charge in [0.05, 0.1) is 0 Å². The van der Waals surface area contributed by atoms with E-state index < -0.39 is 0 Å². The summed E-state index contributed by atoms with van der Waals surface area (Å²) in [7, 11) is 0. The van der Waals surface area contributed by atoms with Crippen LogP contribution in [0.3, 0.4) is 0 Å². The van der Waals surface area contributed by atoms with Crippen molar-refractivity contribution in [3.8, 4) is 17.2 Å². The fraction of sp³-hybridized carbons (Fsp3) is 0.120. The molecule has 4 aromatic rings. The molecule has 0 unspecified atom stereocenters. The van der Waals surface area contributed by atoms with Crippen LogP contribution in [0.5, 0.6) is 5.75 Å². The van der Waals surface area contributed by atoms with Gasteiger partial charge in [-0.1, -0.05) is 42.5 Å². The van der Waals surface area contributed by atoms with Crippen molar-refractivity contribution < 1.29 is 13.9 Å². The monoisotopic (exact) mass is 415 g/mol. The largest absolute Gasteiger partial charge is 0.487 e. The molecule has 1 aromatic heterocycles. The molecule has 0 atom stereocenters. The van der Waals surface area contributed by atoms with Crippen LogP contribution in [0.25, 0.3) is 11.5 Å². The fourth-order valence-electron chi connectivity index (χ4n) is 2.99. The minimum absolute atomic E-state index is 0.347. The Hall–Kier alpha value is -3.31. The second-order valence-corrected chi connectivity index (χ2v) is 7.85. The molecule has 0 saturated heterocycles. The highest BCUT2D eigenvalue weighted by atomic mass is 32.2. The quantitative estimate of drug-likeness (QED) is 0.248. The number of ether oxygens (including phenoxy) is 1. The number of thioether (sulfide) groups is 1. The predicted molar refractivity (Wildman–Crippen MR) is 119 cm³/mol. The maximum atomic E-state index is 10.9. The lowest BCUT2D eigenvalue weighted by molar-refractivity contribution is 0.112. The molecule has 4 rings (SSSR count). The van der Waals surface area contributed by atoms with Crippen molar-refractivity contribution in [3.63, 3.8) is 0 Å². The summed E-state index contributed by atoms with van der Waals surface area (Å²) in [5.74, 6) is 2.95. The molecular weight excluding hydrogens is 394 g/mol. The van der Waals surface area contributed by atoms with Gasteiger partial charge in [0.1, 0.15) is 30.1 Å². The Morgan fingerprint density at radius 2 is 1.83 bits per heavy atom. The lowest BCUT2D eigenvalue weighted by atomic mass is 10.2. The molecule has 150 valence electrons. The van der Waals surface area contributed by atoms with Crippen LogP contribution in [-0.4, -0.2) is 11.3 Å². The highest BCUT2D eigenvalue weighted by molar-refractivity contribution is 7.98. The number of nitrogens with zero attached hydrogens (tertiary/aromatic N) is 1. The molecule has 0 fully saturated rings. The summed E-state index contributed by atoms with van der Waals surface area (Å²) < 4.78 is 11.8. The number of oxazole rings is 1. The van der Waals surface area contributed by atoms with Gasteiger partial charge in [-0.25, -0.2) is 4.98 Å². The summed E-state index contributed by atoms with van der Waals surface area (Å²) in [4.78, 5) is 16.6. The Balaban J connectivity index is 1.39. The van der Waals surface area contributed by atoms with Gasteiger partial charge in [-0.05, 0) is 48.9 Å². The molecule has 5 heteroatoms. The molecule has 0 spiro atoms. The number of carbonyl (C=O) groups excluding carboxylic acids is 1. The van der Waals surface area contributed by atoms with Gasteiger partial charge in [-0.2, -0.15) is 0 Å². The third-order valence-electron chi connectivity index (χ3n) is 4.59. The minimum atomic E-state index is 0.347. The molecule has 30 heavy (non-hydrogen) atoms. The highest BCUT2D eigenvalue weighted by Crippen LogP contribution is 2.26. The molecule has 0 aliphatic rings. The number of hydrogen-bond acceptors (Lipinski definition) is 5. The van der Waals surface area contributed by atoms with Crippen molar-refractivity contribution >= 4 is 18.0 Å². The Morgan fingerprint density at radius 3 is 2.67 bits per heavy atom. The molecule has 0 aliphatic carbocycles. The second kappa shape index (κ2) is 9.46. The summed E-state index contributed by atoms with van der Waals surface area (Å²) in [6, 6.07) is 25.5. The zero-order valence-electron chi connectivity index (χ0n) is 16.6. The van der Waals surface area contributed by atoms with Crippen molar-refractivity contribution in [2.24, 2.45) is 0 Å². The number of aldehydes is 1. The summed E-state index contributed by atoms with van der Waals surface area (Å²) in [5, 5.41) is 0. The van der Waals surface area contributed by atoms with E-state index in [0.717, 1.165) is 45.3 Å². The van der Waals surface area contributed by atoms with E-state index in [1.54, 1.807) is 17.8 Å². The van der Waals surface area contributed by atoms with Gasteiger partial charge in [-0.15, -0.1) is 11.8 Å². The van der Waals surface area contributed by atoms with Gasteiger partial charge in [-0.3, -0.25) is 4.79 Å². The lowest BCUT2D eigenvalue weighted by Crippen LogP contribution is -1.98. The van der Waals surface area contributed by atoms with Crippen molar-refractivity contribution in [1.82, 2.24) is 4.98 Å². The number of benzene rings is 3. The summed E-state index contributed by atoms with van der Waals surface area (Å²) >= 11 is 1.69. The highest BCUT2D eigenvalue weighted by Gasteiger charge is 2.12. The molecule has 3 aromatic carbocycles. The molecule has 0 bridgehead atoms. The van der Waals surface area contributed by atoms with Crippen molar-refractivity contribution in [3.05, 3.63) is 101 Å². The van der Waals surface area contributed by atoms with Crippen LogP contribution >= 0.6 is 11.8 Å². The van der Waals surface area contributed by atoms with Crippen molar-refractivity contribution in [2.45, 2.75) is 24.2 Å². The average molecular weight is 416 g/mol. The Bertz CT molecular complexity index is 1140. The van der Waals surface area contributed by atoms with Gasteiger partial charge in [0.25, 0.3) is 0 Å². The Labute approximate surface area is 179 Å². The topological polar surface area (TPSA) is 52.3 Å². The summed E-state index contributed by atoms with van der Waals surface area (Å²) in [6.45, 7) is 2.25. The SMILES string of the molecule is Cc1oc(-c2ccccc2)nc1COc1cccc(CSc2cccc(C=O)c2)c1. The van der Waals surface area contributed by atoms with E-state index in [4.69, 9.17) is 9.15 Å². The molecule has 0 radical (unpaired) electrons. The van der Waals surface area contributed by atoms with Crippen molar-refractivity contribution in [2.75, 3.05) is 0 Å². The first-order valence-corrected chi connectivity index (χ1v) is 10.6. The molecule has 0 N–H and O–H groups in total. The van der Waals surface area contributed by atoms with Crippen LogP contribution in [0.4, 0.5) is 0 Å². The molecule has 1 heterocycles. The lowest BCUT2D eigenvalue weighted by Gasteiger charge is -2.07. The fourth-order valence-corrected chi connectivity index (χ4v) is 3.89. The first kappa shape index (κ1) is 20.0. The van der Waals surface area contributed by atoms with Crippen molar-refractivity contribution in [1.29, 1.82) is 0 Å². The van der Waals surface area contributed by atoms with E-state index in [2.05, 4.69) is 11.1 Å². The van der Waals surface area contributed by atoms with E-state index in [1.807, 2.05) is 73.7 Å². The number of rotatable bonds is 8. The third kappa shape index (κ3) is 4.99. The smallest absolute Gasteiger partial charge is 0.226 e. The van der Waals surface area contributed by atoms with E-state index >= 15 is 0 Å². The second-order valence-electron chi connectivity index (χ2n) is 6.80. The van der Waals surface area contributed by atoms with E-state index in [0.29, 0.717) is 18.1 Å². The number of hydrogen-bond donors (Lipinski definition) is 0. The van der Waals surface area contributed by atoms with Crippen LogP contribution in [0, 0.1) is 6.92 Å². The van der Waals surface area contributed by atoms with Gasteiger partial charge in [0, 0.05) is 21.8 Å². The van der Waals surface area contributed by atoms with E-state index in [9.17, 15) is 4.79 Å². The van der Waals surface area contributed by atoms with Crippen LogP contribution in [0.2, 0.25) is 0 Å².